The first kappa shape index (κ1) is 14.6. The second-order valence-corrected chi connectivity index (χ2v) is 4.81. The van der Waals surface area contributed by atoms with Gasteiger partial charge in [-0.15, -0.1) is 0 Å². The first-order valence-corrected chi connectivity index (χ1v) is 6.42. The smallest absolute Gasteiger partial charge is 0.319 e. The third kappa shape index (κ3) is 3.82. The van der Waals surface area contributed by atoms with Crippen LogP contribution in [0.3, 0.4) is 0 Å². The molecule has 1 aromatic heterocycles. The highest BCUT2D eigenvalue weighted by molar-refractivity contribution is 6.30. The van der Waals surface area contributed by atoms with Crippen LogP contribution in [0.1, 0.15) is 5.89 Å². The molecule has 1 aromatic carbocycles. The Labute approximate surface area is 122 Å². The van der Waals surface area contributed by atoms with Gasteiger partial charge in [0.15, 0.2) is 5.76 Å². The summed E-state index contributed by atoms with van der Waals surface area (Å²) in [5.41, 5.74) is 0.867. The van der Waals surface area contributed by atoms with Crippen molar-refractivity contribution in [3.63, 3.8) is 0 Å². The van der Waals surface area contributed by atoms with Crippen molar-refractivity contribution in [2.75, 3.05) is 20.7 Å². The van der Waals surface area contributed by atoms with Crippen LogP contribution in [-0.2, 0) is 16.1 Å². The summed E-state index contributed by atoms with van der Waals surface area (Å²) in [5.74, 6) is 0.884. The highest BCUT2D eigenvalue weighted by Crippen LogP contribution is 2.23. The molecular formula is C14H15ClN2O3. The average molecular weight is 295 g/mol. The van der Waals surface area contributed by atoms with Crippen LogP contribution in [0, 0.1) is 0 Å². The lowest BCUT2D eigenvalue weighted by Gasteiger charge is -2.12. The number of nitrogens with zero attached hydrogens (tertiary/aromatic N) is 2. The largest absolute Gasteiger partial charge is 0.468 e. The van der Waals surface area contributed by atoms with Crippen LogP contribution < -0.4 is 0 Å². The molecule has 0 aliphatic carbocycles. The van der Waals surface area contributed by atoms with Crippen molar-refractivity contribution < 1.29 is 13.9 Å². The Morgan fingerprint density at radius 1 is 1.50 bits per heavy atom. The zero-order valence-electron chi connectivity index (χ0n) is 11.3. The van der Waals surface area contributed by atoms with Gasteiger partial charge < -0.3 is 9.15 Å². The number of methoxy groups -OCH3 is 1. The lowest BCUT2D eigenvalue weighted by molar-refractivity contribution is -0.141. The highest BCUT2D eigenvalue weighted by atomic mass is 35.5. The Kier molecular flexibility index (Phi) is 4.76. The molecule has 0 fully saturated rings. The van der Waals surface area contributed by atoms with Gasteiger partial charge in [-0.25, -0.2) is 4.98 Å². The van der Waals surface area contributed by atoms with Crippen molar-refractivity contribution in [2.24, 2.45) is 0 Å². The Morgan fingerprint density at radius 2 is 2.30 bits per heavy atom. The van der Waals surface area contributed by atoms with Crippen LogP contribution in [0.5, 0.6) is 0 Å². The van der Waals surface area contributed by atoms with E-state index in [0.717, 1.165) is 5.56 Å². The predicted octanol–water partition coefficient (Wildman–Crippen LogP) is 2.60. The van der Waals surface area contributed by atoms with E-state index in [1.807, 2.05) is 18.2 Å². The number of likely N-dealkylation sites (N-methyl/N-ethyl adjacent to an activating group) is 1. The number of esters is 1. The van der Waals surface area contributed by atoms with Crippen molar-refractivity contribution in [3.05, 3.63) is 41.4 Å². The van der Waals surface area contributed by atoms with E-state index in [-0.39, 0.29) is 12.5 Å². The Bertz CT molecular complexity index is 598. The number of aromatic nitrogens is 1. The maximum atomic E-state index is 11.1. The van der Waals surface area contributed by atoms with Gasteiger partial charge in [-0.1, -0.05) is 23.7 Å². The number of halogens is 1. The van der Waals surface area contributed by atoms with Gasteiger partial charge in [0.2, 0.25) is 5.89 Å². The van der Waals surface area contributed by atoms with Crippen LogP contribution in [0.25, 0.3) is 11.3 Å². The summed E-state index contributed by atoms with van der Waals surface area (Å²) in [6, 6.07) is 7.36. The number of benzene rings is 1. The monoisotopic (exact) mass is 294 g/mol. The van der Waals surface area contributed by atoms with Crippen molar-refractivity contribution >= 4 is 17.6 Å². The SMILES string of the molecule is COC(=O)CN(C)Cc1ncc(-c2cccc(Cl)c2)o1. The molecule has 0 unspecified atom stereocenters. The first-order valence-electron chi connectivity index (χ1n) is 6.04. The summed E-state index contributed by atoms with van der Waals surface area (Å²) in [5, 5.41) is 0.642. The van der Waals surface area contributed by atoms with Gasteiger partial charge in [-0.05, 0) is 19.2 Å². The lowest BCUT2D eigenvalue weighted by atomic mass is 10.2. The second kappa shape index (κ2) is 6.54. The Balaban J connectivity index is 2.04. The quantitative estimate of drug-likeness (QED) is 0.793. The van der Waals surface area contributed by atoms with E-state index in [1.54, 1.807) is 24.2 Å². The molecule has 0 N–H and O–H groups in total. The zero-order chi connectivity index (χ0) is 14.5. The maximum absolute atomic E-state index is 11.1. The van der Waals surface area contributed by atoms with Crippen LogP contribution in [0.15, 0.2) is 34.9 Å². The van der Waals surface area contributed by atoms with Crippen LogP contribution in [0.4, 0.5) is 0 Å². The number of carbonyl (C=O) groups excluding carboxylic acids is 1. The molecule has 0 saturated carbocycles. The fourth-order valence-electron chi connectivity index (χ4n) is 1.73. The van der Waals surface area contributed by atoms with Crippen LogP contribution >= 0.6 is 11.6 Å². The fraction of sp³-hybridized carbons (Fsp3) is 0.286. The van der Waals surface area contributed by atoms with Crippen molar-refractivity contribution in [2.45, 2.75) is 6.54 Å². The van der Waals surface area contributed by atoms with E-state index in [4.69, 9.17) is 16.0 Å². The fourth-order valence-corrected chi connectivity index (χ4v) is 1.92. The van der Waals surface area contributed by atoms with Gasteiger partial charge >= 0.3 is 5.97 Å². The minimum Gasteiger partial charge on any atom is -0.468 e. The van der Waals surface area contributed by atoms with E-state index < -0.39 is 0 Å². The molecule has 0 atom stereocenters. The van der Waals surface area contributed by atoms with Gasteiger partial charge in [0.05, 0.1) is 26.4 Å². The summed E-state index contributed by atoms with van der Waals surface area (Å²) < 4.78 is 10.2. The summed E-state index contributed by atoms with van der Waals surface area (Å²) >= 11 is 5.94. The van der Waals surface area contributed by atoms with Gasteiger partial charge in [0.25, 0.3) is 0 Å². The normalized spacial score (nSPS) is 10.8. The van der Waals surface area contributed by atoms with Crippen LogP contribution in [-0.4, -0.2) is 36.6 Å². The molecule has 0 radical (unpaired) electrons. The highest BCUT2D eigenvalue weighted by Gasteiger charge is 2.11. The Morgan fingerprint density at radius 3 is 3.00 bits per heavy atom. The zero-order valence-corrected chi connectivity index (χ0v) is 12.1. The first-order chi connectivity index (χ1) is 9.58. The van der Waals surface area contributed by atoms with Gasteiger partial charge in [0.1, 0.15) is 0 Å². The molecule has 5 nitrogen and oxygen atoms in total. The third-order valence-electron chi connectivity index (χ3n) is 2.69. The van der Waals surface area contributed by atoms with Crippen LogP contribution in [0.2, 0.25) is 5.02 Å². The summed E-state index contributed by atoms with van der Waals surface area (Å²) in [6.45, 7) is 0.612. The van der Waals surface area contributed by atoms with E-state index in [1.165, 1.54) is 7.11 Å². The maximum Gasteiger partial charge on any atom is 0.319 e. The van der Waals surface area contributed by atoms with E-state index in [0.29, 0.717) is 23.2 Å². The predicted molar refractivity (Wildman–Crippen MR) is 75.3 cm³/mol. The van der Waals surface area contributed by atoms with Crippen molar-refractivity contribution in [3.8, 4) is 11.3 Å². The second-order valence-electron chi connectivity index (χ2n) is 4.38. The average Bonchev–Trinajstić information content (AvgIpc) is 2.87. The molecular weight excluding hydrogens is 280 g/mol. The number of carbonyl (C=O) groups is 1. The van der Waals surface area contributed by atoms with Crippen molar-refractivity contribution in [1.29, 1.82) is 0 Å². The van der Waals surface area contributed by atoms with Gasteiger partial charge in [-0.2, -0.15) is 0 Å². The number of hydrogen-bond acceptors (Lipinski definition) is 5. The van der Waals surface area contributed by atoms with Gasteiger partial charge in [0, 0.05) is 10.6 Å². The summed E-state index contributed by atoms with van der Waals surface area (Å²) in [6.07, 6.45) is 1.65. The lowest BCUT2D eigenvalue weighted by Crippen LogP contribution is -2.26. The molecule has 20 heavy (non-hydrogen) atoms. The molecule has 0 amide bonds. The molecule has 1 heterocycles. The molecule has 2 rings (SSSR count). The number of hydrogen-bond donors (Lipinski definition) is 0. The number of ether oxygens (including phenoxy) is 1. The topological polar surface area (TPSA) is 55.6 Å². The minimum atomic E-state index is -0.297. The molecule has 2 aromatic rings. The molecule has 0 aliphatic rings. The summed E-state index contributed by atoms with van der Waals surface area (Å²) in [7, 11) is 3.15. The molecule has 0 spiro atoms. The van der Waals surface area contributed by atoms with Gasteiger partial charge in [-0.3, -0.25) is 9.69 Å². The van der Waals surface area contributed by atoms with Crippen molar-refractivity contribution in [1.82, 2.24) is 9.88 Å². The molecule has 106 valence electrons. The van der Waals surface area contributed by atoms with E-state index >= 15 is 0 Å². The molecule has 0 saturated heterocycles. The Hall–Kier alpha value is -1.85. The molecule has 0 aliphatic heterocycles. The standard InChI is InChI=1S/C14H15ClN2O3/c1-17(9-14(18)19-2)8-13-16-7-12(20-13)10-4-3-5-11(15)6-10/h3-7H,8-9H2,1-2H3. The van der Waals surface area contributed by atoms with E-state index in [2.05, 4.69) is 9.72 Å². The van der Waals surface area contributed by atoms with E-state index in [9.17, 15) is 4.79 Å². The molecule has 0 bridgehead atoms. The summed E-state index contributed by atoms with van der Waals surface area (Å²) in [4.78, 5) is 17.1. The third-order valence-corrected chi connectivity index (χ3v) is 2.93. The minimum absolute atomic E-state index is 0.186. The number of oxazole rings is 1. The number of rotatable bonds is 5. The molecule has 6 heteroatoms.